The highest BCUT2D eigenvalue weighted by Crippen LogP contribution is 2.29. The number of hydrogen-bond acceptors (Lipinski definition) is 5. The topological polar surface area (TPSA) is 55.0 Å². The highest BCUT2D eigenvalue weighted by Gasteiger charge is 2.26. The van der Waals surface area contributed by atoms with Crippen LogP contribution in [0.15, 0.2) is 0 Å². The average Bonchev–Trinajstić information content (AvgIpc) is 2.82. The Balaban J connectivity index is 2.02. The van der Waals surface area contributed by atoms with Crippen molar-refractivity contribution in [2.45, 2.75) is 39.0 Å². The van der Waals surface area contributed by atoms with Gasteiger partial charge in [0.2, 0.25) is 5.13 Å². The Bertz CT molecular complexity index is 369. The smallest absolute Gasteiger partial charge is 0.205 e. The lowest BCUT2D eigenvalue weighted by molar-refractivity contribution is 0.545. The van der Waals surface area contributed by atoms with Crippen molar-refractivity contribution >= 4 is 16.7 Å². The van der Waals surface area contributed by atoms with Gasteiger partial charge in [0.1, 0.15) is 5.82 Å². The molecule has 1 aliphatic rings. The molecule has 2 N–H and O–H groups in total. The number of nitrogens with two attached hydrogens (primary N) is 1. The summed E-state index contributed by atoms with van der Waals surface area (Å²) in [5.74, 6) is 1.70. The van der Waals surface area contributed by atoms with Gasteiger partial charge in [0.05, 0.1) is 0 Å². The summed E-state index contributed by atoms with van der Waals surface area (Å²) >= 11 is 1.53. The van der Waals surface area contributed by atoms with Crippen LogP contribution < -0.4 is 10.6 Å². The Morgan fingerprint density at radius 2 is 2.24 bits per heavy atom. The molecule has 5 heteroatoms. The second-order valence-corrected chi connectivity index (χ2v) is 6.56. The van der Waals surface area contributed by atoms with Gasteiger partial charge < -0.3 is 10.6 Å². The second kappa shape index (κ2) is 4.90. The Labute approximate surface area is 107 Å². The summed E-state index contributed by atoms with van der Waals surface area (Å²) in [6.45, 7) is 9.45. The third kappa shape index (κ3) is 2.96. The van der Waals surface area contributed by atoms with Crippen molar-refractivity contribution in [2.24, 2.45) is 11.7 Å². The van der Waals surface area contributed by atoms with Gasteiger partial charge in [-0.2, -0.15) is 4.37 Å². The van der Waals surface area contributed by atoms with Gasteiger partial charge in [-0.15, -0.1) is 0 Å². The van der Waals surface area contributed by atoms with Gasteiger partial charge in [0.15, 0.2) is 0 Å². The lowest BCUT2D eigenvalue weighted by Gasteiger charge is -2.15. The first kappa shape index (κ1) is 12.8. The highest BCUT2D eigenvalue weighted by atomic mass is 32.1. The minimum Gasteiger partial charge on any atom is -0.347 e. The van der Waals surface area contributed by atoms with Crippen LogP contribution in [0.5, 0.6) is 0 Å². The Morgan fingerprint density at radius 1 is 1.47 bits per heavy atom. The summed E-state index contributed by atoms with van der Waals surface area (Å²) in [7, 11) is 0. The van der Waals surface area contributed by atoms with Gasteiger partial charge in [-0.1, -0.05) is 20.8 Å². The van der Waals surface area contributed by atoms with Gasteiger partial charge in [0.25, 0.3) is 0 Å². The SMILES string of the molecule is CC(C)(C)c1nsc(N2CCC(CCN)C2)n1. The average molecular weight is 254 g/mol. The molecule has 1 aromatic rings. The maximum Gasteiger partial charge on any atom is 0.205 e. The molecule has 1 aliphatic heterocycles. The fourth-order valence-corrected chi connectivity index (χ4v) is 3.02. The fourth-order valence-electron chi connectivity index (χ4n) is 2.13. The molecule has 0 aliphatic carbocycles. The Hall–Kier alpha value is -0.680. The first-order valence-electron chi connectivity index (χ1n) is 6.30. The van der Waals surface area contributed by atoms with Crippen molar-refractivity contribution in [1.29, 1.82) is 0 Å². The van der Waals surface area contributed by atoms with E-state index in [1.54, 1.807) is 0 Å². The molecule has 1 atom stereocenters. The van der Waals surface area contributed by atoms with Crippen LogP contribution in [-0.2, 0) is 5.41 Å². The molecule has 17 heavy (non-hydrogen) atoms. The zero-order valence-corrected chi connectivity index (χ0v) is 11.8. The van der Waals surface area contributed by atoms with E-state index in [1.807, 2.05) is 0 Å². The van der Waals surface area contributed by atoms with Crippen molar-refractivity contribution in [2.75, 3.05) is 24.5 Å². The van der Waals surface area contributed by atoms with Crippen LogP contribution in [0.2, 0.25) is 0 Å². The predicted octanol–water partition coefficient (Wildman–Crippen LogP) is 2.01. The van der Waals surface area contributed by atoms with Crippen LogP contribution in [-0.4, -0.2) is 29.0 Å². The molecule has 1 saturated heterocycles. The number of anilines is 1. The van der Waals surface area contributed by atoms with Crippen LogP contribution in [0.4, 0.5) is 5.13 Å². The van der Waals surface area contributed by atoms with Crippen LogP contribution in [0, 0.1) is 5.92 Å². The third-order valence-corrected chi connectivity index (χ3v) is 3.99. The second-order valence-electron chi connectivity index (χ2n) is 5.83. The number of aromatic nitrogens is 2. The van der Waals surface area contributed by atoms with Crippen LogP contribution in [0.3, 0.4) is 0 Å². The molecule has 1 fully saturated rings. The zero-order chi connectivity index (χ0) is 12.5. The molecule has 1 unspecified atom stereocenters. The molecule has 1 aromatic heterocycles. The van der Waals surface area contributed by atoms with Gasteiger partial charge >= 0.3 is 0 Å². The molecule has 2 rings (SSSR count). The van der Waals surface area contributed by atoms with E-state index in [9.17, 15) is 0 Å². The standard InChI is InChI=1S/C12H22N4S/c1-12(2,3)10-14-11(17-15-10)16-7-5-9(8-16)4-6-13/h9H,4-8,13H2,1-3H3. The van der Waals surface area contributed by atoms with Gasteiger partial charge in [-0.05, 0) is 25.3 Å². The Morgan fingerprint density at radius 3 is 2.82 bits per heavy atom. The summed E-state index contributed by atoms with van der Waals surface area (Å²) in [4.78, 5) is 7.01. The fraction of sp³-hybridized carbons (Fsp3) is 0.833. The minimum absolute atomic E-state index is 0.0468. The molecular weight excluding hydrogens is 232 g/mol. The summed E-state index contributed by atoms with van der Waals surface area (Å²) < 4.78 is 4.47. The van der Waals surface area contributed by atoms with Crippen molar-refractivity contribution in [3.63, 3.8) is 0 Å². The van der Waals surface area contributed by atoms with Crippen LogP contribution >= 0.6 is 11.5 Å². The molecule has 0 bridgehead atoms. The van der Waals surface area contributed by atoms with Gasteiger partial charge in [-0.25, -0.2) is 4.98 Å². The lowest BCUT2D eigenvalue weighted by atomic mass is 9.96. The molecule has 0 spiro atoms. The van der Waals surface area contributed by atoms with E-state index in [2.05, 4.69) is 35.0 Å². The first-order valence-corrected chi connectivity index (χ1v) is 7.07. The van der Waals surface area contributed by atoms with E-state index < -0.39 is 0 Å². The summed E-state index contributed by atoms with van der Waals surface area (Å²) in [6.07, 6.45) is 2.36. The van der Waals surface area contributed by atoms with E-state index in [0.29, 0.717) is 0 Å². The van der Waals surface area contributed by atoms with Gasteiger partial charge in [-0.3, -0.25) is 0 Å². The number of nitrogens with zero attached hydrogens (tertiary/aromatic N) is 3. The molecule has 0 aromatic carbocycles. The Kier molecular flexibility index (Phi) is 3.68. The monoisotopic (exact) mass is 254 g/mol. The largest absolute Gasteiger partial charge is 0.347 e. The maximum atomic E-state index is 5.61. The van der Waals surface area contributed by atoms with Crippen molar-refractivity contribution in [3.8, 4) is 0 Å². The van der Waals surface area contributed by atoms with E-state index in [0.717, 1.165) is 42.9 Å². The van der Waals surface area contributed by atoms with Crippen LogP contribution in [0.1, 0.15) is 39.4 Å². The molecule has 0 amide bonds. The number of rotatable bonds is 3. The molecule has 2 heterocycles. The van der Waals surface area contributed by atoms with Crippen molar-refractivity contribution in [1.82, 2.24) is 9.36 Å². The normalized spacial score (nSPS) is 21.2. The van der Waals surface area contributed by atoms with Gasteiger partial charge in [0, 0.05) is 30.0 Å². The summed E-state index contributed by atoms with van der Waals surface area (Å²) in [5, 5.41) is 1.08. The lowest BCUT2D eigenvalue weighted by Crippen LogP contribution is -2.21. The molecule has 4 nitrogen and oxygen atoms in total. The molecule has 0 saturated carbocycles. The van der Waals surface area contributed by atoms with E-state index in [-0.39, 0.29) is 5.41 Å². The molecule has 96 valence electrons. The van der Waals surface area contributed by atoms with Crippen molar-refractivity contribution in [3.05, 3.63) is 5.82 Å². The number of hydrogen-bond donors (Lipinski definition) is 1. The quantitative estimate of drug-likeness (QED) is 0.896. The predicted molar refractivity (Wildman–Crippen MR) is 72.6 cm³/mol. The first-order chi connectivity index (χ1) is 8.00. The zero-order valence-electron chi connectivity index (χ0n) is 10.9. The molecule has 0 radical (unpaired) electrons. The summed E-state index contributed by atoms with van der Waals surface area (Å²) in [5.41, 5.74) is 5.66. The third-order valence-electron chi connectivity index (χ3n) is 3.22. The van der Waals surface area contributed by atoms with E-state index in [1.165, 1.54) is 18.0 Å². The maximum absolute atomic E-state index is 5.61. The van der Waals surface area contributed by atoms with Crippen LogP contribution in [0.25, 0.3) is 0 Å². The molecular formula is C12H22N4S. The van der Waals surface area contributed by atoms with Crippen molar-refractivity contribution < 1.29 is 0 Å². The highest BCUT2D eigenvalue weighted by molar-refractivity contribution is 7.09. The summed E-state index contributed by atoms with van der Waals surface area (Å²) in [6, 6.07) is 0. The van der Waals surface area contributed by atoms with E-state index >= 15 is 0 Å². The minimum atomic E-state index is 0.0468. The van der Waals surface area contributed by atoms with E-state index in [4.69, 9.17) is 5.73 Å².